The summed E-state index contributed by atoms with van der Waals surface area (Å²) in [6, 6.07) is 6.19. The number of aliphatic hydroxyl groups is 1. The second kappa shape index (κ2) is 7.52. The Morgan fingerprint density at radius 2 is 2.15 bits per heavy atom. The Balaban J connectivity index is 1.92. The largest absolute Gasteiger partial charge is 0.496 e. The van der Waals surface area contributed by atoms with Crippen molar-refractivity contribution in [2.75, 3.05) is 24.4 Å². The van der Waals surface area contributed by atoms with E-state index in [1.807, 2.05) is 6.92 Å². The summed E-state index contributed by atoms with van der Waals surface area (Å²) in [5.41, 5.74) is 1.10. The Morgan fingerprint density at radius 1 is 1.38 bits per heavy atom. The van der Waals surface area contributed by atoms with Gasteiger partial charge < -0.3 is 20.5 Å². The van der Waals surface area contributed by atoms with Crippen molar-refractivity contribution >= 4 is 23.1 Å². The number of ether oxygens (including phenoxy) is 1. The fourth-order valence-corrected chi connectivity index (χ4v) is 2.48. The van der Waals surface area contributed by atoms with Crippen molar-refractivity contribution in [3.05, 3.63) is 40.1 Å². The zero-order valence-corrected chi connectivity index (χ0v) is 14.6. The van der Waals surface area contributed by atoms with Crippen molar-refractivity contribution in [2.24, 2.45) is 0 Å². The molecule has 2 aromatic rings. The van der Waals surface area contributed by atoms with E-state index in [4.69, 9.17) is 4.74 Å². The number of hydrogen-bond donors (Lipinski definition) is 3. The second-order valence-electron chi connectivity index (χ2n) is 6.27. The zero-order valence-electron chi connectivity index (χ0n) is 14.6. The third-order valence-corrected chi connectivity index (χ3v) is 4.06. The first-order valence-corrected chi connectivity index (χ1v) is 8.36. The molecule has 0 spiro atoms. The molecule has 138 valence electrons. The van der Waals surface area contributed by atoms with Crippen LogP contribution in [0.15, 0.2) is 24.3 Å². The number of nitro benzene ring substituents is 1. The number of nitro groups is 1. The van der Waals surface area contributed by atoms with Gasteiger partial charge in [-0.15, -0.1) is 0 Å². The molecule has 3 N–H and O–H groups in total. The van der Waals surface area contributed by atoms with Gasteiger partial charge in [0.15, 0.2) is 0 Å². The number of nitrogens with zero attached hydrogens (tertiary/aromatic N) is 3. The molecule has 1 heterocycles. The summed E-state index contributed by atoms with van der Waals surface area (Å²) < 4.78 is 5.05. The Hall–Kier alpha value is -2.94. The fraction of sp³-hybridized carbons (Fsp3) is 0.412. The molecular formula is C17H21N5O4. The van der Waals surface area contributed by atoms with Gasteiger partial charge in [-0.25, -0.2) is 4.98 Å². The van der Waals surface area contributed by atoms with E-state index in [0.717, 1.165) is 18.5 Å². The molecule has 1 fully saturated rings. The average molecular weight is 359 g/mol. The van der Waals surface area contributed by atoms with Crippen molar-refractivity contribution < 1.29 is 14.8 Å². The lowest BCUT2D eigenvalue weighted by Crippen LogP contribution is -2.21. The van der Waals surface area contributed by atoms with Crippen molar-refractivity contribution in [2.45, 2.75) is 31.7 Å². The molecule has 3 rings (SSSR count). The summed E-state index contributed by atoms with van der Waals surface area (Å²) in [5, 5.41) is 26.6. The van der Waals surface area contributed by atoms with Crippen LogP contribution < -0.4 is 15.4 Å². The maximum Gasteiger partial charge on any atom is 0.296 e. The van der Waals surface area contributed by atoms with Gasteiger partial charge >= 0.3 is 0 Å². The van der Waals surface area contributed by atoms with Gasteiger partial charge in [0.25, 0.3) is 5.69 Å². The first-order valence-electron chi connectivity index (χ1n) is 8.36. The number of methoxy groups -OCH3 is 1. The number of aromatic nitrogens is 2. The van der Waals surface area contributed by atoms with Crippen LogP contribution in [0.5, 0.6) is 5.75 Å². The average Bonchev–Trinajstić information content (AvgIpc) is 3.46. The number of benzene rings is 1. The Morgan fingerprint density at radius 3 is 2.77 bits per heavy atom. The van der Waals surface area contributed by atoms with Gasteiger partial charge in [0, 0.05) is 18.0 Å². The summed E-state index contributed by atoms with van der Waals surface area (Å²) in [5.74, 6) is 1.63. The molecule has 0 unspecified atom stereocenters. The first kappa shape index (κ1) is 17.9. The molecule has 0 bridgehead atoms. The minimum absolute atomic E-state index is 0.0519. The number of nitrogens with one attached hydrogen (secondary N) is 2. The molecule has 1 aliphatic carbocycles. The first-order chi connectivity index (χ1) is 12.5. The topological polar surface area (TPSA) is 122 Å². The van der Waals surface area contributed by atoms with Gasteiger partial charge in [-0.1, -0.05) is 0 Å². The van der Waals surface area contributed by atoms with Crippen molar-refractivity contribution in [1.82, 2.24) is 9.97 Å². The van der Waals surface area contributed by atoms with E-state index >= 15 is 0 Å². The highest BCUT2D eigenvalue weighted by atomic mass is 16.6. The van der Waals surface area contributed by atoms with Gasteiger partial charge in [-0.05, 0) is 31.9 Å². The number of hydrogen-bond acceptors (Lipinski definition) is 8. The molecule has 1 aromatic carbocycles. The smallest absolute Gasteiger partial charge is 0.296 e. The highest BCUT2D eigenvalue weighted by Crippen LogP contribution is 2.40. The highest BCUT2D eigenvalue weighted by Gasteiger charge is 2.27. The van der Waals surface area contributed by atoms with Crippen LogP contribution in [-0.2, 0) is 0 Å². The van der Waals surface area contributed by atoms with E-state index in [2.05, 4.69) is 20.6 Å². The predicted octanol–water partition coefficient (Wildman–Crippen LogP) is 2.81. The molecule has 0 radical (unpaired) electrons. The summed E-state index contributed by atoms with van der Waals surface area (Å²) in [6.45, 7) is 1.76. The Kier molecular flexibility index (Phi) is 5.17. The van der Waals surface area contributed by atoms with Crippen LogP contribution in [0, 0.1) is 10.1 Å². The zero-order chi connectivity index (χ0) is 18.7. The molecule has 0 aliphatic heterocycles. The van der Waals surface area contributed by atoms with E-state index in [-0.39, 0.29) is 18.3 Å². The normalized spacial score (nSPS) is 14.6. The summed E-state index contributed by atoms with van der Waals surface area (Å²) in [4.78, 5) is 19.7. The van der Waals surface area contributed by atoms with E-state index in [1.54, 1.807) is 18.2 Å². The van der Waals surface area contributed by atoms with Crippen LogP contribution in [0.3, 0.4) is 0 Å². The molecule has 1 aromatic heterocycles. The number of rotatable bonds is 8. The Bertz CT molecular complexity index is 810. The lowest BCUT2D eigenvalue weighted by molar-refractivity contribution is -0.384. The molecule has 1 saturated carbocycles. The van der Waals surface area contributed by atoms with Gasteiger partial charge in [-0.3, -0.25) is 10.1 Å². The second-order valence-corrected chi connectivity index (χ2v) is 6.27. The number of aliphatic hydroxyl groups excluding tert-OH is 1. The van der Waals surface area contributed by atoms with E-state index in [1.165, 1.54) is 13.2 Å². The summed E-state index contributed by atoms with van der Waals surface area (Å²) in [6.07, 6.45) is 2.13. The van der Waals surface area contributed by atoms with Crippen LogP contribution in [0.4, 0.5) is 23.1 Å². The molecule has 9 heteroatoms. The van der Waals surface area contributed by atoms with Gasteiger partial charge in [-0.2, -0.15) is 4.98 Å². The van der Waals surface area contributed by atoms with Crippen LogP contribution in [-0.4, -0.2) is 39.8 Å². The lowest BCUT2D eigenvalue weighted by atomic mass is 10.2. The van der Waals surface area contributed by atoms with Gasteiger partial charge in [0.05, 0.1) is 30.4 Å². The maximum atomic E-state index is 11.4. The van der Waals surface area contributed by atoms with Gasteiger partial charge in [0.1, 0.15) is 17.3 Å². The standard InChI is InChI=1S/C17H21N5O4/c1-10(9-23)18-17-20-14(11-3-4-11)8-16(21-17)19-13-6-5-12(26-2)7-15(13)22(24)25/h5-8,10-11,23H,3-4,9H2,1-2H3,(H2,18,19,20,21)/t10-/m0/s1. The monoisotopic (exact) mass is 359 g/mol. The lowest BCUT2D eigenvalue weighted by Gasteiger charge is -2.14. The molecule has 1 aliphatic rings. The van der Waals surface area contributed by atoms with Crippen LogP contribution in [0.25, 0.3) is 0 Å². The summed E-state index contributed by atoms with van der Waals surface area (Å²) >= 11 is 0. The minimum Gasteiger partial charge on any atom is -0.496 e. The third kappa shape index (κ3) is 4.17. The van der Waals surface area contributed by atoms with Crippen molar-refractivity contribution in [1.29, 1.82) is 0 Å². The van der Waals surface area contributed by atoms with Crippen LogP contribution in [0.2, 0.25) is 0 Å². The molecule has 9 nitrogen and oxygen atoms in total. The maximum absolute atomic E-state index is 11.4. The molecule has 0 amide bonds. The predicted molar refractivity (Wildman–Crippen MR) is 97.1 cm³/mol. The van der Waals surface area contributed by atoms with E-state index in [9.17, 15) is 15.2 Å². The van der Waals surface area contributed by atoms with E-state index < -0.39 is 4.92 Å². The molecule has 26 heavy (non-hydrogen) atoms. The van der Waals surface area contributed by atoms with Crippen molar-refractivity contribution in [3.63, 3.8) is 0 Å². The molecule has 1 atom stereocenters. The Labute approximate surface area is 150 Å². The summed E-state index contributed by atoms with van der Waals surface area (Å²) in [7, 11) is 1.46. The van der Waals surface area contributed by atoms with Gasteiger partial charge in [0.2, 0.25) is 5.95 Å². The fourth-order valence-electron chi connectivity index (χ4n) is 2.48. The van der Waals surface area contributed by atoms with Crippen LogP contribution in [0.1, 0.15) is 31.4 Å². The molecular weight excluding hydrogens is 338 g/mol. The van der Waals surface area contributed by atoms with Crippen molar-refractivity contribution in [3.8, 4) is 5.75 Å². The van der Waals surface area contributed by atoms with Crippen LogP contribution >= 0.6 is 0 Å². The number of anilines is 3. The minimum atomic E-state index is -0.471. The molecule has 0 saturated heterocycles. The highest BCUT2D eigenvalue weighted by molar-refractivity contribution is 5.70. The quantitative estimate of drug-likeness (QED) is 0.486. The third-order valence-electron chi connectivity index (χ3n) is 4.06. The SMILES string of the molecule is COc1ccc(Nc2cc(C3CC3)nc(N[C@@H](C)CO)n2)c([N+](=O)[O-])c1. The van der Waals surface area contributed by atoms with E-state index in [0.29, 0.717) is 29.1 Å².